The summed E-state index contributed by atoms with van der Waals surface area (Å²) in [5.41, 5.74) is 19.0. The number of phenols is 1. The number of nitriles is 2. The number of pyridine rings is 1. The quantitative estimate of drug-likeness (QED) is 0.0175. The molecule has 2 aromatic heterocycles. The van der Waals surface area contributed by atoms with Crippen LogP contribution in [-0.2, 0) is 47.2 Å². The molecule has 11 rings (SSSR count). The Balaban J connectivity index is 0.000000157. The van der Waals surface area contributed by atoms with Crippen molar-refractivity contribution < 1.29 is 42.5 Å². The summed E-state index contributed by atoms with van der Waals surface area (Å²) in [7, 11) is -1.82. The first kappa shape index (κ1) is 65.4. The predicted molar refractivity (Wildman–Crippen MR) is 346 cm³/mol. The molecule has 0 saturated carbocycles. The molecule has 1 fully saturated rings. The molecule has 22 nitrogen and oxygen atoms in total. The molecule has 0 spiro atoms. The standard InChI is InChI=1S/C21H19N3O3S.C17H19N5.C16H17N3O4.C13H16N2O2/c1-27-20-13-14(24-28(2,25)26)11-12-19(20)23-21-15-7-3-5-9-17(15)22-18-10-6-4-8-16(18)21;1-16(2,9-18)14-5-13(8-22-12-20-11-21-22)6-15(7-14)17(3,4)10-19;1-8-2-4-10-13(14(8)21)18-15(22)11-6-9(3-5-12(17)20)7-19(11)16(10)23;1-2-13(8-7-11(16)15-12(13)17)9-3-5-10(14)6-4-9/h3-13,24H,1-2H3,(H,22,23);5-7,11-12H,8H2,1-4H3;2-5,7,11,15,18,21-22H,6H2,1H3,(H2,17,20);3-6H,2,7-8,14H2,1H3,(H,15,16,17)/b;;5-3+;/t;;11-,15-;/m..0./s1. The Labute approximate surface area is 521 Å². The number of aliphatic hydroxyl groups is 1. The number of carbonyl (C=O) groups excluding carboxylic acids is 4. The molecule has 0 radical (unpaired) electrons. The Bertz CT molecular complexity index is 4210. The van der Waals surface area contributed by atoms with Gasteiger partial charge in [-0.3, -0.25) is 29.2 Å². The molecule has 90 heavy (non-hydrogen) atoms. The molecule has 3 aliphatic heterocycles. The number of aromatic hydroxyl groups is 1. The Morgan fingerprint density at radius 2 is 1.54 bits per heavy atom. The summed E-state index contributed by atoms with van der Waals surface area (Å²) < 4.78 is 32.7. The molecule has 1 saturated heterocycles. The molecule has 0 bridgehead atoms. The number of carbonyl (C=O) groups is 4. The van der Waals surface area contributed by atoms with Crippen LogP contribution in [0.15, 0.2) is 158 Å². The average Bonchev–Trinajstić information content (AvgIpc) is 2.56. The molecule has 5 heterocycles. The van der Waals surface area contributed by atoms with E-state index in [1.807, 2.05) is 113 Å². The number of aryl methyl sites for hydroxylation is 1. The maximum atomic E-state index is 12.7. The molecule has 8 aromatic rings. The highest BCUT2D eigenvalue weighted by Gasteiger charge is 2.43. The summed E-state index contributed by atoms with van der Waals surface area (Å²) in [5, 5.41) is 54.1. The van der Waals surface area contributed by atoms with Gasteiger partial charge in [-0.05, 0) is 130 Å². The molecule has 0 aliphatic carbocycles. The lowest BCUT2D eigenvalue weighted by molar-refractivity contribution is -0.138. The third-order valence-electron chi connectivity index (χ3n) is 15.8. The van der Waals surface area contributed by atoms with E-state index in [4.69, 9.17) is 21.2 Å². The smallest absolute Gasteiger partial charge is 0.260 e. The minimum Gasteiger partial charge on any atom is -0.505 e. The SMILES string of the molecule is CC(C)(C#N)c1cc(Cn2cncn2)cc(C(C)(C)C#N)c1.CCC1(c2ccc(N)cc2)CCC(=O)NC1=O.COc1cc(NS(C)(=O)=O)ccc1Nc1c2ccccc2nc2ccccc12.Cc1ccc2c(c1O)N[C@@H](O)[C@@H]1CC(/C=C/C(N)=O)=CN1C2=O. The lowest BCUT2D eigenvalue weighted by Gasteiger charge is -2.34. The minimum atomic E-state index is -3.37. The lowest BCUT2D eigenvalue weighted by Crippen LogP contribution is -2.51. The van der Waals surface area contributed by atoms with E-state index in [1.54, 1.807) is 73.7 Å². The molecule has 6 aromatic carbocycles. The van der Waals surface area contributed by atoms with Crippen molar-refractivity contribution in [3.05, 3.63) is 191 Å². The van der Waals surface area contributed by atoms with Gasteiger partial charge in [0.15, 0.2) is 0 Å². The lowest BCUT2D eigenvalue weighted by atomic mass is 9.72. The number of piperidine rings is 1. The van der Waals surface area contributed by atoms with Crippen molar-refractivity contribution in [3.8, 4) is 23.6 Å². The number of sulfonamides is 1. The number of hydrogen-bond acceptors (Lipinski definition) is 17. The van der Waals surface area contributed by atoms with Crippen molar-refractivity contribution in [3.63, 3.8) is 0 Å². The first-order chi connectivity index (χ1) is 42.7. The van der Waals surface area contributed by atoms with Gasteiger partial charge in [0, 0.05) is 41.2 Å². The highest BCUT2D eigenvalue weighted by atomic mass is 32.2. The zero-order valence-electron chi connectivity index (χ0n) is 51.1. The Kier molecular flexibility index (Phi) is 19.7. The molecule has 23 heteroatoms. The van der Waals surface area contributed by atoms with Crippen molar-refractivity contribution in [2.75, 3.05) is 34.5 Å². The molecule has 464 valence electrons. The Hall–Kier alpha value is -10.6. The molecular formula is C67H71N13O9S. The number of rotatable bonds is 13. The van der Waals surface area contributed by atoms with Gasteiger partial charge in [-0.2, -0.15) is 15.6 Å². The molecule has 4 amide bonds. The maximum absolute atomic E-state index is 12.7. The number of fused-ring (bicyclic) bond motifs is 4. The Morgan fingerprint density at radius 1 is 0.911 bits per heavy atom. The van der Waals surface area contributed by atoms with Crippen molar-refractivity contribution in [1.82, 2.24) is 30.0 Å². The first-order valence-electron chi connectivity index (χ1n) is 28.7. The van der Waals surface area contributed by atoms with Crippen molar-refractivity contribution in [2.45, 2.75) is 102 Å². The van der Waals surface area contributed by atoms with Crippen LogP contribution in [0, 0.1) is 29.6 Å². The van der Waals surface area contributed by atoms with Crippen LogP contribution in [0.5, 0.6) is 11.5 Å². The van der Waals surface area contributed by atoms with Crippen LogP contribution in [0.2, 0.25) is 0 Å². The summed E-state index contributed by atoms with van der Waals surface area (Å²) in [6.45, 7) is 11.8. The summed E-state index contributed by atoms with van der Waals surface area (Å²) in [6.07, 6.45) is 9.54. The van der Waals surface area contributed by atoms with E-state index >= 15 is 0 Å². The summed E-state index contributed by atoms with van der Waals surface area (Å²) in [6, 6.07) is 41.6. The van der Waals surface area contributed by atoms with Gasteiger partial charge in [-0.15, -0.1) is 0 Å². The first-order valence-corrected chi connectivity index (χ1v) is 30.6. The number of benzene rings is 6. The largest absolute Gasteiger partial charge is 0.505 e. The fourth-order valence-corrected chi connectivity index (χ4v) is 11.1. The molecular weight excluding hydrogens is 1160 g/mol. The van der Waals surface area contributed by atoms with E-state index in [2.05, 4.69) is 42.9 Å². The minimum absolute atomic E-state index is 0.0473. The van der Waals surface area contributed by atoms with E-state index in [0.29, 0.717) is 60.5 Å². The number of anilines is 5. The number of aliphatic hydroxyl groups excluding tert-OH is 1. The summed E-state index contributed by atoms with van der Waals surface area (Å²) in [5.74, 6) is -0.807. The number of nitrogens with two attached hydrogens (primary N) is 2. The number of primary amides is 1. The van der Waals surface area contributed by atoms with Crippen LogP contribution < -0.4 is 36.9 Å². The number of hydrogen-bond donors (Lipinski definition) is 8. The van der Waals surface area contributed by atoms with Crippen molar-refractivity contribution in [1.29, 1.82) is 10.5 Å². The number of allylic oxidation sites excluding steroid dienone is 1. The number of imide groups is 1. The van der Waals surface area contributed by atoms with Gasteiger partial charge in [-0.1, -0.05) is 85.8 Å². The van der Waals surface area contributed by atoms with Gasteiger partial charge in [0.05, 0.1) is 93.7 Å². The zero-order chi connectivity index (χ0) is 65.3. The predicted octanol–water partition coefficient (Wildman–Crippen LogP) is 9.38. The number of nitrogen functional groups attached to an aromatic ring is 1. The fraction of sp³-hybridized carbons (Fsp3) is 0.269. The maximum Gasteiger partial charge on any atom is 0.260 e. The number of nitrogens with one attached hydrogen (secondary N) is 4. The molecule has 1 unspecified atom stereocenters. The second-order valence-electron chi connectivity index (χ2n) is 23.0. The zero-order valence-corrected chi connectivity index (χ0v) is 51.9. The molecule has 3 atom stereocenters. The number of amides is 4. The van der Waals surface area contributed by atoms with Crippen LogP contribution in [0.3, 0.4) is 0 Å². The van der Waals surface area contributed by atoms with Crippen molar-refractivity contribution in [2.24, 2.45) is 5.73 Å². The van der Waals surface area contributed by atoms with E-state index in [1.165, 1.54) is 23.4 Å². The van der Waals surface area contributed by atoms with Crippen LogP contribution in [0.1, 0.15) is 98.5 Å². The second kappa shape index (κ2) is 27.2. The van der Waals surface area contributed by atoms with Gasteiger partial charge in [0.25, 0.3) is 5.91 Å². The van der Waals surface area contributed by atoms with E-state index in [9.17, 15) is 48.3 Å². The van der Waals surface area contributed by atoms with Gasteiger partial charge in [0.2, 0.25) is 27.7 Å². The van der Waals surface area contributed by atoms with E-state index < -0.39 is 44.4 Å². The molecule has 10 N–H and O–H groups in total. The summed E-state index contributed by atoms with van der Waals surface area (Å²) >= 11 is 0. The second-order valence-corrected chi connectivity index (χ2v) is 24.8. The summed E-state index contributed by atoms with van der Waals surface area (Å²) in [4.78, 5) is 56.9. The van der Waals surface area contributed by atoms with E-state index in [-0.39, 0.29) is 34.7 Å². The van der Waals surface area contributed by atoms with Crippen LogP contribution >= 0.6 is 0 Å². The number of ether oxygens (including phenoxy) is 1. The van der Waals surface area contributed by atoms with Crippen LogP contribution in [-0.4, -0.2) is 92.5 Å². The topological polar surface area (TPSA) is 347 Å². The van der Waals surface area contributed by atoms with Crippen LogP contribution in [0.25, 0.3) is 21.8 Å². The fourth-order valence-electron chi connectivity index (χ4n) is 10.5. The number of methoxy groups -OCH3 is 1. The van der Waals surface area contributed by atoms with Crippen LogP contribution in [0.4, 0.5) is 28.4 Å². The van der Waals surface area contributed by atoms with Gasteiger partial charge < -0.3 is 42.0 Å². The highest BCUT2D eigenvalue weighted by molar-refractivity contribution is 7.92. The number of para-hydroxylation sites is 2. The average molecular weight is 1230 g/mol. The molecule has 3 aliphatic rings. The van der Waals surface area contributed by atoms with Gasteiger partial charge >= 0.3 is 0 Å². The third-order valence-corrected chi connectivity index (χ3v) is 16.4. The number of nitrogens with zero attached hydrogens (tertiary/aromatic N) is 7. The van der Waals surface area contributed by atoms with E-state index in [0.717, 1.165) is 61.7 Å². The normalized spacial score (nSPS) is 17.0. The van der Waals surface area contributed by atoms with Gasteiger partial charge in [-0.25, -0.2) is 23.1 Å². The van der Waals surface area contributed by atoms with Crippen molar-refractivity contribution >= 4 is 83.9 Å². The highest BCUT2D eigenvalue weighted by Crippen LogP contribution is 2.41. The number of aromatic nitrogens is 4. The number of phenolic OH excluding ortho intramolecular Hbond substituents is 1. The Morgan fingerprint density at radius 3 is 2.10 bits per heavy atom. The third kappa shape index (κ3) is 15.0. The van der Waals surface area contributed by atoms with Gasteiger partial charge in [0.1, 0.15) is 30.4 Å². The monoisotopic (exact) mass is 1230 g/mol.